The molecule has 78 valence electrons. The summed E-state index contributed by atoms with van der Waals surface area (Å²) >= 11 is 1.79. The number of guanidine groups is 1. The van der Waals surface area contributed by atoms with Crippen molar-refractivity contribution in [3.05, 3.63) is 0 Å². The Morgan fingerprint density at radius 2 is 2.23 bits per heavy atom. The topological polar surface area (TPSA) is 56.7 Å². The summed E-state index contributed by atoms with van der Waals surface area (Å²) in [6.07, 6.45) is 2.07. The molecule has 0 heterocycles. The van der Waals surface area contributed by atoms with Crippen LogP contribution < -0.4 is 10.6 Å². The van der Waals surface area contributed by atoms with E-state index in [2.05, 4.69) is 21.9 Å². The highest BCUT2D eigenvalue weighted by Crippen LogP contribution is 1.86. The van der Waals surface area contributed by atoms with Gasteiger partial charge in [0.1, 0.15) is 0 Å². The van der Waals surface area contributed by atoms with Gasteiger partial charge in [0.05, 0.1) is 13.2 Å². The molecule has 0 aromatic heterocycles. The van der Waals surface area contributed by atoms with E-state index in [4.69, 9.17) is 5.11 Å². The molecule has 0 radical (unpaired) electrons. The molecule has 0 aromatic carbocycles. The monoisotopic (exact) mass is 205 g/mol. The van der Waals surface area contributed by atoms with E-state index in [-0.39, 0.29) is 6.61 Å². The van der Waals surface area contributed by atoms with Gasteiger partial charge in [-0.3, -0.25) is 4.99 Å². The molecule has 0 saturated heterocycles. The van der Waals surface area contributed by atoms with E-state index in [1.54, 1.807) is 11.8 Å². The van der Waals surface area contributed by atoms with Crippen molar-refractivity contribution >= 4 is 17.7 Å². The van der Waals surface area contributed by atoms with Crippen molar-refractivity contribution < 1.29 is 5.11 Å². The summed E-state index contributed by atoms with van der Waals surface area (Å²) < 4.78 is 0. The highest BCUT2D eigenvalue weighted by Gasteiger charge is 1.93. The number of aliphatic hydroxyl groups is 1. The zero-order valence-electron chi connectivity index (χ0n) is 8.34. The fraction of sp³-hybridized carbons (Fsp3) is 0.875. The van der Waals surface area contributed by atoms with Crippen molar-refractivity contribution in [2.75, 3.05) is 38.2 Å². The lowest BCUT2D eigenvalue weighted by Gasteiger charge is -2.09. The molecule has 5 heteroatoms. The predicted octanol–water partition coefficient (Wildman–Crippen LogP) is -0.103. The third kappa shape index (κ3) is 7.93. The lowest BCUT2D eigenvalue weighted by atomic mass is 10.6. The van der Waals surface area contributed by atoms with Crippen molar-refractivity contribution in [1.29, 1.82) is 0 Å². The van der Waals surface area contributed by atoms with Gasteiger partial charge in [0.2, 0.25) is 0 Å². The maximum atomic E-state index is 8.59. The SMILES string of the molecule is CCNC(=NCCO)NCCSC. The van der Waals surface area contributed by atoms with E-state index in [9.17, 15) is 0 Å². The van der Waals surface area contributed by atoms with Gasteiger partial charge in [-0.15, -0.1) is 0 Å². The van der Waals surface area contributed by atoms with Crippen LogP contribution in [0.25, 0.3) is 0 Å². The summed E-state index contributed by atoms with van der Waals surface area (Å²) in [4.78, 5) is 4.14. The van der Waals surface area contributed by atoms with E-state index in [0.29, 0.717) is 6.54 Å². The highest BCUT2D eigenvalue weighted by atomic mass is 32.2. The Morgan fingerprint density at radius 3 is 2.77 bits per heavy atom. The number of hydrogen-bond acceptors (Lipinski definition) is 3. The fourth-order valence-electron chi connectivity index (χ4n) is 0.775. The highest BCUT2D eigenvalue weighted by molar-refractivity contribution is 7.98. The van der Waals surface area contributed by atoms with Crippen LogP contribution in [-0.2, 0) is 0 Å². The van der Waals surface area contributed by atoms with Gasteiger partial charge >= 0.3 is 0 Å². The van der Waals surface area contributed by atoms with Crippen LogP contribution in [0.5, 0.6) is 0 Å². The molecule has 0 rings (SSSR count). The Bertz CT molecular complexity index is 141. The molecule has 0 aliphatic heterocycles. The second-order valence-electron chi connectivity index (χ2n) is 2.40. The maximum Gasteiger partial charge on any atom is 0.191 e. The largest absolute Gasteiger partial charge is 0.394 e. The van der Waals surface area contributed by atoms with Crippen molar-refractivity contribution in [2.45, 2.75) is 6.92 Å². The van der Waals surface area contributed by atoms with Crippen molar-refractivity contribution in [1.82, 2.24) is 10.6 Å². The number of aliphatic hydroxyl groups excluding tert-OH is 1. The van der Waals surface area contributed by atoms with Crippen LogP contribution in [0.1, 0.15) is 6.92 Å². The second-order valence-corrected chi connectivity index (χ2v) is 3.39. The summed E-state index contributed by atoms with van der Waals surface area (Å²) in [6.45, 7) is 4.31. The number of thioether (sulfide) groups is 1. The molecule has 0 fully saturated rings. The Balaban J connectivity index is 3.65. The zero-order valence-corrected chi connectivity index (χ0v) is 9.15. The number of nitrogens with one attached hydrogen (secondary N) is 2. The van der Waals surface area contributed by atoms with Gasteiger partial charge in [0.15, 0.2) is 5.96 Å². The molecule has 0 aliphatic carbocycles. The third-order valence-electron chi connectivity index (χ3n) is 1.31. The fourth-order valence-corrected chi connectivity index (χ4v) is 1.08. The van der Waals surface area contributed by atoms with Crippen LogP contribution in [0.2, 0.25) is 0 Å². The minimum Gasteiger partial charge on any atom is -0.394 e. The second kappa shape index (κ2) is 9.67. The first-order chi connectivity index (χ1) is 6.35. The van der Waals surface area contributed by atoms with Crippen molar-refractivity contribution in [3.8, 4) is 0 Å². The molecule has 0 unspecified atom stereocenters. The minimum absolute atomic E-state index is 0.0963. The lowest BCUT2D eigenvalue weighted by Crippen LogP contribution is -2.38. The number of aliphatic imine (C=N–C) groups is 1. The number of nitrogens with zero attached hydrogens (tertiary/aromatic N) is 1. The molecule has 0 aromatic rings. The Kier molecular flexibility index (Phi) is 9.35. The van der Waals surface area contributed by atoms with Crippen LogP contribution in [0.3, 0.4) is 0 Å². The van der Waals surface area contributed by atoms with E-state index < -0.39 is 0 Å². The molecule has 0 spiro atoms. The van der Waals surface area contributed by atoms with Gasteiger partial charge < -0.3 is 15.7 Å². The summed E-state index contributed by atoms with van der Waals surface area (Å²) in [5.41, 5.74) is 0. The van der Waals surface area contributed by atoms with Crippen LogP contribution in [0.15, 0.2) is 4.99 Å². The van der Waals surface area contributed by atoms with Crippen LogP contribution in [0, 0.1) is 0 Å². The molecule has 0 amide bonds. The molecule has 13 heavy (non-hydrogen) atoms. The van der Waals surface area contributed by atoms with Gasteiger partial charge in [0, 0.05) is 18.8 Å². The molecular formula is C8H19N3OS. The van der Waals surface area contributed by atoms with Crippen LogP contribution in [-0.4, -0.2) is 49.3 Å². The van der Waals surface area contributed by atoms with Gasteiger partial charge in [-0.1, -0.05) is 0 Å². The first-order valence-corrected chi connectivity index (χ1v) is 5.86. The molecule has 0 aliphatic rings. The molecule has 4 nitrogen and oxygen atoms in total. The van der Waals surface area contributed by atoms with Gasteiger partial charge in [-0.2, -0.15) is 11.8 Å². The molecule has 0 bridgehead atoms. The Morgan fingerprint density at radius 1 is 1.46 bits per heavy atom. The Labute approximate surface area is 84.2 Å². The summed E-state index contributed by atoms with van der Waals surface area (Å²) in [6, 6.07) is 0. The third-order valence-corrected chi connectivity index (χ3v) is 1.93. The Hall–Kier alpha value is -0.420. The number of hydrogen-bond donors (Lipinski definition) is 3. The quantitative estimate of drug-likeness (QED) is 0.322. The summed E-state index contributed by atoms with van der Waals surface area (Å²) in [5, 5.41) is 14.8. The van der Waals surface area contributed by atoms with Gasteiger partial charge in [-0.05, 0) is 13.2 Å². The average Bonchev–Trinajstić information content (AvgIpc) is 2.14. The van der Waals surface area contributed by atoms with E-state index >= 15 is 0 Å². The van der Waals surface area contributed by atoms with Gasteiger partial charge in [-0.25, -0.2) is 0 Å². The van der Waals surface area contributed by atoms with E-state index in [1.165, 1.54) is 0 Å². The number of rotatable bonds is 6. The predicted molar refractivity (Wildman–Crippen MR) is 59.4 cm³/mol. The van der Waals surface area contributed by atoms with E-state index in [1.807, 2.05) is 6.92 Å². The first kappa shape index (κ1) is 12.6. The zero-order chi connectivity index (χ0) is 9.94. The maximum absolute atomic E-state index is 8.59. The van der Waals surface area contributed by atoms with Crippen molar-refractivity contribution in [2.24, 2.45) is 4.99 Å². The molecule has 0 saturated carbocycles. The minimum atomic E-state index is 0.0963. The summed E-state index contributed by atoms with van der Waals surface area (Å²) in [5.74, 6) is 1.84. The van der Waals surface area contributed by atoms with E-state index in [0.717, 1.165) is 24.8 Å². The standard InChI is InChI=1S/C8H19N3OS/c1-3-9-8(10-4-6-12)11-5-7-13-2/h12H,3-7H2,1-2H3,(H2,9,10,11). The average molecular weight is 205 g/mol. The smallest absolute Gasteiger partial charge is 0.191 e. The van der Waals surface area contributed by atoms with Crippen LogP contribution >= 0.6 is 11.8 Å². The van der Waals surface area contributed by atoms with Crippen LogP contribution in [0.4, 0.5) is 0 Å². The first-order valence-electron chi connectivity index (χ1n) is 4.47. The normalized spacial score (nSPS) is 11.5. The molecule has 3 N–H and O–H groups in total. The van der Waals surface area contributed by atoms with Crippen molar-refractivity contribution in [3.63, 3.8) is 0 Å². The lowest BCUT2D eigenvalue weighted by molar-refractivity contribution is 0.306. The molecule has 0 atom stereocenters. The molecular weight excluding hydrogens is 186 g/mol. The van der Waals surface area contributed by atoms with Gasteiger partial charge in [0.25, 0.3) is 0 Å². The summed E-state index contributed by atoms with van der Waals surface area (Å²) in [7, 11) is 0.